The molecule has 0 radical (unpaired) electrons. The summed E-state index contributed by atoms with van der Waals surface area (Å²) in [6.45, 7) is 4.05. The zero-order valence-electron chi connectivity index (χ0n) is 16.0. The fourth-order valence-electron chi connectivity index (χ4n) is 3.67. The number of carbonyl (C=O) groups excluding carboxylic acids is 1. The molecule has 0 saturated carbocycles. The molecule has 2 amide bonds. The number of amides is 2. The van der Waals surface area contributed by atoms with E-state index < -0.39 is 17.2 Å². The van der Waals surface area contributed by atoms with Crippen molar-refractivity contribution in [1.82, 2.24) is 20.4 Å². The summed E-state index contributed by atoms with van der Waals surface area (Å²) in [6.07, 6.45) is 2.29. The third kappa shape index (κ3) is 3.38. The minimum Gasteiger partial charge on any atom is -0.331 e. The number of halogens is 2. The average Bonchev–Trinajstić information content (AvgIpc) is 2.61. The minimum absolute atomic E-state index is 0.0748. The Labute approximate surface area is 157 Å². The van der Waals surface area contributed by atoms with E-state index in [9.17, 15) is 13.6 Å². The van der Waals surface area contributed by atoms with Crippen LogP contribution < -0.4 is 5.32 Å². The number of fused-ring (bicyclic) bond motifs is 1. The molecule has 1 N–H and O–H groups in total. The Morgan fingerprint density at radius 1 is 1.22 bits per heavy atom. The summed E-state index contributed by atoms with van der Waals surface area (Å²) in [4.78, 5) is 13.9. The van der Waals surface area contributed by atoms with Crippen molar-refractivity contribution in [1.29, 1.82) is 0 Å². The van der Waals surface area contributed by atoms with Crippen LogP contribution in [0.25, 0.3) is 11.3 Å². The first-order valence-electron chi connectivity index (χ1n) is 9.07. The van der Waals surface area contributed by atoms with Gasteiger partial charge < -0.3 is 10.2 Å². The van der Waals surface area contributed by atoms with Crippen LogP contribution >= 0.6 is 0 Å². The van der Waals surface area contributed by atoms with Gasteiger partial charge in [0.25, 0.3) is 0 Å². The number of nitrogens with zero attached hydrogens (tertiary/aromatic N) is 3. The van der Waals surface area contributed by atoms with Gasteiger partial charge in [-0.3, -0.25) is 0 Å². The molecule has 0 fully saturated rings. The first kappa shape index (κ1) is 19.2. The number of rotatable bonds is 3. The van der Waals surface area contributed by atoms with Crippen molar-refractivity contribution in [2.45, 2.75) is 38.6 Å². The number of hydrogen-bond acceptors (Lipinski definition) is 3. The highest BCUT2D eigenvalue weighted by Gasteiger charge is 2.43. The monoisotopic (exact) mass is 374 g/mol. The molecule has 7 heteroatoms. The molecule has 0 unspecified atom stereocenters. The van der Waals surface area contributed by atoms with E-state index in [2.05, 4.69) is 15.5 Å². The van der Waals surface area contributed by atoms with E-state index in [4.69, 9.17) is 0 Å². The van der Waals surface area contributed by atoms with Crippen molar-refractivity contribution in [2.75, 3.05) is 14.1 Å². The largest absolute Gasteiger partial charge is 0.331 e. The van der Waals surface area contributed by atoms with Crippen LogP contribution in [0.15, 0.2) is 24.3 Å². The molecule has 2 aromatic rings. The lowest BCUT2D eigenvalue weighted by Crippen LogP contribution is -2.54. The van der Waals surface area contributed by atoms with Gasteiger partial charge in [-0.05, 0) is 48.9 Å². The highest BCUT2D eigenvalue weighted by Crippen LogP contribution is 2.40. The van der Waals surface area contributed by atoms with Crippen LogP contribution in [0, 0.1) is 17.6 Å². The first-order chi connectivity index (χ1) is 12.8. The van der Waals surface area contributed by atoms with Crippen LogP contribution in [0.3, 0.4) is 0 Å². The summed E-state index contributed by atoms with van der Waals surface area (Å²) in [7, 11) is 3.37. The summed E-state index contributed by atoms with van der Waals surface area (Å²) in [6, 6.07) is 5.22. The molecule has 0 spiro atoms. The normalized spacial score (nSPS) is 18.9. The number of urea groups is 1. The molecule has 1 aliphatic rings. The lowest BCUT2D eigenvalue weighted by atomic mass is 9.73. The Hall–Kier alpha value is -2.57. The first-order valence-corrected chi connectivity index (χ1v) is 9.07. The summed E-state index contributed by atoms with van der Waals surface area (Å²) in [5, 5.41) is 11.6. The van der Waals surface area contributed by atoms with E-state index in [1.54, 1.807) is 20.2 Å². The maximum Gasteiger partial charge on any atom is 0.317 e. The third-order valence-corrected chi connectivity index (χ3v) is 5.25. The van der Waals surface area contributed by atoms with Crippen molar-refractivity contribution in [3.05, 3.63) is 47.2 Å². The minimum atomic E-state index is -0.670. The van der Waals surface area contributed by atoms with Crippen LogP contribution in [-0.4, -0.2) is 35.2 Å². The second kappa shape index (κ2) is 7.21. The van der Waals surface area contributed by atoms with Gasteiger partial charge in [-0.15, -0.1) is 5.10 Å². The number of nitrogens with one attached hydrogen (secondary N) is 1. The predicted octanol–water partition coefficient (Wildman–Crippen LogP) is 3.88. The predicted molar refractivity (Wildman–Crippen MR) is 99.1 cm³/mol. The fraction of sp³-hybridized carbons (Fsp3) is 0.450. The van der Waals surface area contributed by atoms with Gasteiger partial charge in [-0.1, -0.05) is 19.9 Å². The number of aryl methyl sites for hydroxylation is 1. The molecule has 1 aliphatic carbocycles. The zero-order chi connectivity index (χ0) is 19.8. The molecule has 1 atom stereocenters. The number of aromatic nitrogens is 2. The quantitative estimate of drug-likeness (QED) is 0.887. The Morgan fingerprint density at radius 2 is 1.89 bits per heavy atom. The van der Waals surface area contributed by atoms with Crippen molar-refractivity contribution in [3.63, 3.8) is 0 Å². The Kier molecular flexibility index (Phi) is 5.13. The number of carbonyl (C=O) groups is 1. The summed E-state index contributed by atoms with van der Waals surface area (Å²) in [5.41, 5.74) is 0.878. The van der Waals surface area contributed by atoms with Gasteiger partial charge in [0.1, 0.15) is 11.6 Å². The zero-order valence-corrected chi connectivity index (χ0v) is 16.0. The SMILES string of the molecule is CC(C)[C@]1(NC(=O)N(C)C)CCCc2cc(-c3c(F)cccc3F)nnc21. The van der Waals surface area contributed by atoms with E-state index >= 15 is 0 Å². The Bertz CT molecular complexity index is 849. The van der Waals surface area contributed by atoms with Gasteiger partial charge in [-0.25, -0.2) is 13.6 Å². The van der Waals surface area contributed by atoms with E-state index in [1.807, 2.05) is 13.8 Å². The van der Waals surface area contributed by atoms with Gasteiger partial charge in [-0.2, -0.15) is 5.10 Å². The third-order valence-electron chi connectivity index (χ3n) is 5.25. The number of benzene rings is 1. The highest BCUT2D eigenvalue weighted by molar-refractivity contribution is 5.75. The van der Waals surface area contributed by atoms with Gasteiger partial charge >= 0.3 is 6.03 Å². The molecule has 0 bridgehead atoms. The van der Waals surface area contributed by atoms with Crippen LogP contribution in [0.4, 0.5) is 13.6 Å². The Balaban J connectivity index is 2.10. The molecular weight excluding hydrogens is 350 g/mol. The van der Waals surface area contributed by atoms with Gasteiger partial charge in [0.2, 0.25) is 0 Å². The molecule has 5 nitrogen and oxygen atoms in total. The van der Waals surface area contributed by atoms with Crippen molar-refractivity contribution >= 4 is 6.03 Å². The molecular formula is C20H24F2N4O. The maximum atomic E-state index is 14.1. The highest BCUT2D eigenvalue weighted by atomic mass is 19.1. The molecule has 144 valence electrons. The van der Waals surface area contributed by atoms with Gasteiger partial charge in [0.05, 0.1) is 22.5 Å². The number of hydrogen-bond donors (Lipinski definition) is 1. The van der Waals surface area contributed by atoms with Crippen LogP contribution in [0.5, 0.6) is 0 Å². The van der Waals surface area contributed by atoms with E-state index in [1.165, 1.54) is 23.1 Å². The van der Waals surface area contributed by atoms with E-state index in [-0.39, 0.29) is 23.2 Å². The van der Waals surface area contributed by atoms with Gasteiger partial charge in [0, 0.05) is 14.1 Å². The van der Waals surface area contributed by atoms with E-state index in [0.29, 0.717) is 5.69 Å². The van der Waals surface area contributed by atoms with Crippen molar-refractivity contribution < 1.29 is 13.6 Å². The fourth-order valence-corrected chi connectivity index (χ4v) is 3.67. The summed E-state index contributed by atoms with van der Waals surface area (Å²) >= 11 is 0. The van der Waals surface area contributed by atoms with Crippen LogP contribution in [0.1, 0.15) is 37.9 Å². The molecule has 1 aromatic carbocycles. The topological polar surface area (TPSA) is 58.1 Å². The second-order valence-corrected chi connectivity index (χ2v) is 7.50. The van der Waals surface area contributed by atoms with Crippen molar-refractivity contribution in [2.24, 2.45) is 5.92 Å². The second-order valence-electron chi connectivity index (χ2n) is 7.50. The molecule has 0 saturated heterocycles. The lowest BCUT2D eigenvalue weighted by molar-refractivity contribution is 0.165. The molecule has 1 aromatic heterocycles. The maximum absolute atomic E-state index is 14.1. The smallest absolute Gasteiger partial charge is 0.317 e. The molecule has 0 aliphatic heterocycles. The lowest BCUT2D eigenvalue weighted by Gasteiger charge is -2.42. The standard InChI is InChI=1S/C20H24F2N4O/c1-12(2)20(23-19(27)26(3)4)10-6-7-13-11-16(24-25-18(13)20)17-14(21)8-5-9-15(17)22/h5,8-9,11-12H,6-7,10H2,1-4H3,(H,23,27)/t20-/m1/s1. The van der Waals surface area contributed by atoms with Crippen molar-refractivity contribution in [3.8, 4) is 11.3 Å². The van der Waals surface area contributed by atoms with Gasteiger partial charge in [0.15, 0.2) is 0 Å². The van der Waals surface area contributed by atoms with Crippen LogP contribution in [0.2, 0.25) is 0 Å². The van der Waals surface area contributed by atoms with Crippen LogP contribution in [-0.2, 0) is 12.0 Å². The molecule has 1 heterocycles. The van der Waals surface area contributed by atoms with E-state index in [0.717, 1.165) is 24.8 Å². The summed E-state index contributed by atoms with van der Waals surface area (Å²) < 4.78 is 28.3. The average molecular weight is 374 g/mol. The molecule has 3 rings (SSSR count). The molecule has 27 heavy (non-hydrogen) atoms. The summed E-state index contributed by atoms with van der Waals surface area (Å²) in [5.74, 6) is -1.27. The Morgan fingerprint density at radius 3 is 2.48 bits per heavy atom.